The third-order valence-electron chi connectivity index (χ3n) is 0.820. The zero-order chi connectivity index (χ0) is 6.69. The van der Waals surface area contributed by atoms with Crippen LogP contribution in [-0.4, -0.2) is 11.4 Å². The van der Waals surface area contributed by atoms with Crippen LogP contribution in [0.4, 0.5) is 0 Å². The molecule has 0 fully saturated rings. The highest BCUT2D eigenvalue weighted by molar-refractivity contribution is 9.10. The highest BCUT2D eigenvalue weighted by Crippen LogP contribution is 2.14. The molecular weight excluding hydrogens is 186 g/mol. The number of hydrogen-bond acceptors (Lipinski definition) is 3. The molecule has 0 saturated heterocycles. The third kappa shape index (κ3) is 1.32. The van der Waals surface area contributed by atoms with Crippen LogP contribution in [0.2, 0.25) is 0 Å². The summed E-state index contributed by atoms with van der Waals surface area (Å²) in [6.45, 7) is 0. The topological polar surface area (TPSA) is 45.7 Å². The van der Waals surface area contributed by atoms with Crippen LogP contribution >= 0.6 is 15.9 Å². The van der Waals surface area contributed by atoms with Gasteiger partial charge in [0.25, 0.3) is 0 Å². The second-order valence-electron chi connectivity index (χ2n) is 1.38. The molecule has 0 aliphatic carbocycles. The molecule has 0 aromatic carbocycles. The van der Waals surface area contributed by atoms with Crippen molar-refractivity contribution in [3.05, 3.63) is 22.6 Å². The maximum Gasteiger partial charge on any atom is 0.162 e. The van der Waals surface area contributed by atoms with E-state index in [1.54, 1.807) is 6.07 Å². The van der Waals surface area contributed by atoms with Crippen molar-refractivity contribution in [3.63, 3.8) is 0 Å². The summed E-state index contributed by atoms with van der Waals surface area (Å²) < 4.78 is 5.63. The lowest BCUT2D eigenvalue weighted by molar-refractivity contribution is 0.320. The predicted octanol–water partition coefficient (Wildman–Crippen LogP) is 1.85. The van der Waals surface area contributed by atoms with Crippen LogP contribution in [-0.2, 0) is 0 Å². The number of oxime groups is 1. The van der Waals surface area contributed by atoms with Gasteiger partial charge in [0, 0.05) is 0 Å². The van der Waals surface area contributed by atoms with Gasteiger partial charge in [-0.15, -0.1) is 0 Å². The van der Waals surface area contributed by atoms with Crippen molar-refractivity contribution in [2.75, 3.05) is 0 Å². The van der Waals surface area contributed by atoms with E-state index in [4.69, 9.17) is 9.62 Å². The van der Waals surface area contributed by atoms with Gasteiger partial charge in [-0.1, -0.05) is 5.16 Å². The molecule has 1 heterocycles. The maximum atomic E-state index is 8.05. The monoisotopic (exact) mass is 189 g/mol. The zero-order valence-electron chi connectivity index (χ0n) is 4.41. The Morgan fingerprint density at radius 3 is 3.00 bits per heavy atom. The Hall–Kier alpha value is -0.770. The average molecular weight is 190 g/mol. The van der Waals surface area contributed by atoms with E-state index < -0.39 is 0 Å². The Morgan fingerprint density at radius 2 is 2.56 bits per heavy atom. The number of rotatable bonds is 1. The van der Waals surface area contributed by atoms with E-state index in [-0.39, 0.29) is 0 Å². The van der Waals surface area contributed by atoms with E-state index >= 15 is 0 Å². The molecule has 0 radical (unpaired) electrons. The van der Waals surface area contributed by atoms with Gasteiger partial charge in [-0.2, -0.15) is 0 Å². The van der Waals surface area contributed by atoms with E-state index in [2.05, 4.69) is 21.1 Å². The molecule has 0 spiro atoms. The molecule has 1 N–H and O–H groups in total. The summed E-state index contributed by atoms with van der Waals surface area (Å²) in [5.41, 5.74) is 0. The summed E-state index contributed by atoms with van der Waals surface area (Å²) >= 11 is 3.17. The second-order valence-corrected chi connectivity index (χ2v) is 2.23. The molecule has 0 bridgehead atoms. The van der Waals surface area contributed by atoms with Gasteiger partial charge in [0.15, 0.2) is 5.76 Å². The van der Waals surface area contributed by atoms with Gasteiger partial charge >= 0.3 is 0 Å². The van der Waals surface area contributed by atoms with Crippen molar-refractivity contribution >= 4 is 22.1 Å². The molecule has 1 rings (SSSR count). The molecule has 0 unspecified atom stereocenters. The first-order valence-corrected chi connectivity index (χ1v) is 3.04. The summed E-state index contributed by atoms with van der Waals surface area (Å²) in [5, 5.41) is 10.8. The standard InChI is InChI=1S/C5H4BrNO2/c6-4-1-2-9-5(4)3-7-8/h1-3,8H/b7-3-. The molecule has 1 aromatic rings. The molecule has 4 heteroatoms. The van der Waals surface area contributed by atoms with Gasteiger partial charge in [-0.25, -0.2) is 0 Å². The zero-order valence-corrected chi connectivity index (χ0v) is 6.00. The first kappa shape index (κ1) is 6.35. The molecule has 48 valence electrons. The largest absolute Gasteiger partial charge is 0.462 e. The SMILES string of the molecule is O/N=C\c1occc1Br. The van der Waals surface area contributed by atoms with Crippen LogP contribution in [0.25, 0.3) is 0 Å². The minimum absolute atomic E-state index is 0.512. The molecule has 0 amide bonds. The second kappa shape index (κ2) is 2.68. The fraction of sp³-hybridized carbons (Fsp3) is 0. The molecule has 0 atom stereocenters. The lowest BCUT2D eigenvalue weighted by atomic mass is 10.5. The predicted molar refractivity (Wildman–Crippen MR) is 35.8 cm³/mol. The number of hydrogen-bond donors (Lipinski definition) is 1. The molecule has 3 nitrogen and oxygen atoms in total. The Balaban J connectivity index is 2.94. The van der Waals surface area contributed by atoms with Crippen LogP contribution in [0, 0.1) is 0 Å². The van der Waals surface area contributed by atoms with Gasteiger partial charge in [0.2, 0.25) is 0 Å². The summed E-state index contributed by atoms with van der Waals surface area (Å²) in [4.78, 5) is 0. The van der Waals surface area contributed by atoms with Crippen molar-refractivity contribution < 1.29 is 9.62 Å². The Bertz CT molecular complexity index is 218. The van der Waals surface area contributed by atoms with Gasteiger partial charge in [-0.05, 0) is 22.0 Å². The molecule has 0 aliphatic heterocycles. The summed E-state index contributed by atoms with van der Waals surface area (Å²) in [6.07, 6.45) is 2.71. The van der Waals surface area contributed by atoms with Crippen molar-refractivity contribution in [1.82, 2.24) is 0 Å². The highest BCUT2D eigenvalue weighted by Gasteiger charge is 1.97. The normalized spacial score (nSPS) is 10.8. The van der Waals surface area contributed by atoms with Crippen molar-refractivity contribution in [3.8, 4) is 0 Å². The fourth-order valence-corrected chi connectivity index (χ4v) is 0.754. The minimum atomic E-state index is 0.512. The Morgan fingerprint density at radius 1 is 1.78 bits per heavy atom. The van der Waals surface area contributed by atoms with Crippen molar-refractivity contribution in [2.24, 2.45) is 5.16 Å². The molecule has 0 aliphatic rings. The van der Waals surface area contributed by atoms with Crippen LogP contribution in [0.3, 0.4) is 0 Å². The summed E-state index contributed by atoms with van der Waals surface area (Å²) in [7, 11) is 0. The molecular formula is C5H4BrNO2. The lowest BCUT2D eigenvalue weighted by Gasteiger charge is -1.80. The Kier molecular flexibility index (Phi) is 1.89. The third-order valence-corrected chi connectivity index (χ3v) is 1.47. The Labute approximate surface area is 60.1 Å². The van der Waals surface area contributed by atoms with Crippen LogP contribution < -0.4 is 0 Å². The quantitative estimate of drug-likeness (QED) is 0.417. The lowest BCUT2D eigenvalue weighted by Crippen LogP contribution is -1.74. The van der Waals surface area contributed by atoms with Crippen LogP contribution in [0.1, 0.15) is 5.76 Å². The highest BCUT2D eigenvalue weighted by atomic mass is 79.9. The molecule has 1 aromatic heterocycles. The number of furan rings is 1. The van der Waals surface area contributed by atoms with Gasteiger partial charge in [-0.3, -0.25) is 0 Å². The van der Waals surface area contributed by atoms with Gasteiger partial charge in [0.05, 0.1) is 10.7 Å². The van der Waals surface area contributed by atoms with E-state index in [1.165, 1.54) is 12.5 Å². The molecule has 9 heavy (non-hydrogen) atoms. The van der Waals surface area contributed by atoms with Crippen molar-refractivity contribution in [2.45, 2.75) is 0 Å². The average Bonchev–Trinajstić information content (AvgIpc) is 2.18. The minimum Gasteiger partial charge on any atom is -0.462 e. The number of halogens is 1. The fourth-order valence-electron chi connectivity index (χ4n) is 0.450. The number of nitrogens with zero attached hydrogens (tertiary/aromatic N) is 1. The summed E-state index contributed by atoms with van der Waals surface area (Å²) in [6, 6.07) is 1.72. The summed E-state index contributed by atoms with van der Waals surface area (Å²) in [5.74, 6) is 0.512. The van der Waals surface area contributed by atoms with E-state index in [0.717, 1.165) is 4.47 Å². The van der Waals surface area contributed by atoms with E-state index in [0.29, 0.717) is 5.76 Å². The smallest absolute Gasteiger partial charge is 0.162 e. The van der Waals surface area contributed by atoms with E-state index in [9.17, 15) is 0 Å². The van der Waals surface area contributed by atoms with Crippen LogP contribution in [0.15, 0.2) is 26.4 Å². The van der Waals surface area contributed by atoms with Gasteiger partial charge in [0.1, 0.15) is 6.21 Å². The first-order valence-electron chi connectivity index (χ1n) is 2.25. The van der Waals surface area contributed by atoms with Crippen molar-refractivity contribution in [1.29, 1.82) is 0 Å². The van der Waals surface area contributed by atoms with Crippen LogP contribution in [0.5, 0.6) is 0 Å². The maximum absolute atomic E-state index is 8.05. The first-order chi connectivity index (χ1) is 4.34. The van der Waals surface area contributed by atoms with Gasteiger partial charge < -0.3 is 9.62 Å². The molecule has 0 saturated carbocycles. The van der Waals surface area contributed by atoms with E-state index in [1.807, 2.05) is 0 Å².